The van der Waals surface area contributed by atoms with E-state index in [4.69, 9.17) is 0 Å². The van der Waals surface area contributed by atoms with Crippen LogP contribution in [0.2, 0.25) is 0 Å². The molecule has 29 heavy (non-hydrogen) atoms. The maximum atomic E-state index is 12.8. The largest absolute Gasteiger partial charge is 0.507 e. The fourth-order valence-corrected chi connectivity index (χ4v) is 3.47. The number of hydrogen-bond donors (Lipinski definition) is 2. The van der Waals surface area contributed by atoms with Crippen molar-refractivity contribution in [3.05, 3.63) is 78.0 Å². The molecule has 1 saturated heterocycles. The first-order valence-corrected chi connectivity index (χ1v) is 9.78. The van der Waals surface area contributed by atoms with Crippen LogP contribution in [0.3, 0.4) is 0 Å². The number of rotatable bonds is 5. The standard InChI is InChI=1S/C23H24N4O2/c28-22-11-5-4-10-19(22)20-17-21(25-24-20)23(29)27-15-13-26(14-16-27)12-6-9-18-7-2-1-3-8-18/h1-11,17,28H,12-16H2,(H,24,25). The fourth-order valence-electron chi connectivity index (χ4n) is 3.47. The number of nitrogens with zero attached hydrogens (tertiary/aromatic N) is 3. The Hall–Kier alpha value is -3.38. The Kier molecular flexibility index (Phi) is 5.72. The summed E-state index contributed by atoms with van der Waals surface area (Å²) in [5.74, 6) is 0.0915. The van der Waals surface area contributed by atoms with Gasteiger partial charge in [0.25, 0.3) is 5.91 Å². The summed E-state index contributed by atoms with van der Waals surface area (Å²) in [7, 11) is 0. The van der Waals surface area contributed by atoms with Gasteiger partial charge in [-0.2, -0.15) is 5.10 Å². The van der Waals surface area contributed by atoms with Crippen molar-refractivity contribution in [3.8, 4) is 17.0 Å². The number of aromatic amines is 1. The monoisotopic (exact) mass is 388 g/mol. The first-order chi connectivity index (χ1) is 14.2. The van der Waals surface area contributed by atoms with Crippen molar-refractivity contribution in [2.24, 2.45) is 0 Å². The van der Waals surface area contributed by atoms with Crippen molar-refractivity contribution in [2.45, 2.75) is 0 Å². The summed E-state index contributed by atoms with van der Waals surface area (Å²) in [5, 5.41) is 17.0. The van der Waals surface area contributed by atoms with E-state index >= 15 is 0 Å². The Labute approximate surface area is 170 Å². The number of amides is 1. The number of aromatic hydroxyl groups is 1. The van der Waals surface area contributed by atoms with E-state index in [1.165, 1.54) is 5.56 Å². The van der Waals surface area contributed by atoms with E-state index in [1.54, 1.807) is 24.3 Å². The molecule has 2 aromatic carbocycles. The van der Waals surface area contributed by atoms with Crippen LogP contribution in [0.4, 0.5) is 0 Å². The Morgan fingerprint density at radius 2 is 1.76 bits per heavy atom. The maximum absolute atomic E-state index is 12.8. The average Bonchev–Trinajstić information content (AvgIpc) is 3.25. The quantitative estimate of drug-likeness (QED) is 0.704. The minimum absolute atomic E-state index is 0.0568. The van der Waals surface area contributed by atoms with E-state index in [2.05, 4.69) is 39.4 Å². The lowest BCUT2D eigenvalue weighted by molar-refractivity contribution is 0.0644. The van der Waals surface area contributed by atoms with Crippen molar-refractivity contribution < 1.29 is 9.90 Å². The molecule has 1 amide bonds. The molecular formula is C23H24N4O2. The fraction of sp³-hybridized carbons (Fsp3) is 0.217. The number of carbonyl (C=O) groups excluding carboxylic acids is 1. The summed E-state index contributed by atoms with van der Waals surface area (Å²) in [5.41, 5.74) is 2.82. The molecule has 1 aliphatic rings. The third kappa shape index (κ3) is 4.55. The van der Waals surface area contributed by atoms with E-state index in [9.17, 15) is 9.90 Å². The van der Waals surface area contributed by atoms with Crippen molar-refractivity contribution in [1.82, 2.24) is 20.0 Å². The molecule has 2 N–H and O–H groups in total. The van der Waals surface area contributed by atoms with Crippen LogP contribution in [-0.2, 0) is 0 Å². The van der Waals surface area contributed by atoms with Gasteiger partial charge in [-0.1, -0.05) is 54.6 Å². The van der Waals surface area contributed by atoms with Crippen LogP contribution in [0.1, 0.15) is 16.1 Å². The average molecular weight is 388 g/mol. The van der Waals surface area contributed by atoms with Gasteiger partial charge in [0.05, 0.1) is 5.69 Å². The summed E-state index contributed by atoms with van der Waals surface area (Å²) in [6, 6.07) is 18.9. The second-order valence-electron chi connectivity index (χ2n) is 7.09. The van der Waals surface area contributed by atoms with Gasteiger partial charge < -0.3 is 10.0 Å². The number of H-pyrrole nitrogens is 1. The highest BCUT2D eigenvalue weighted by Gasteiger charge is 2.23. The van der Waals surface area contributed by atoms with Crippen molar-refractivity contribution in [2.75, 3.05) is 32.7 Å². The highest BCUT2D eigenvalue weighted by Crippen LogP contribution is 2.27. The zero-order valence-electron chi connectivity index (χ0n) is 16.2. The molecule has 0 bridgehead atoms. The van der Waals surface area contributed by atoms with Gasteiger partial charge in [-0.15, -0.1) is 0 Å². The lowest BCUT2D eigenvalue weighted by Crippen LogP contribution is -2.48. The number of aromatic nitrogens is 2. The van der Waals surface area contributed by atoms with E-state index in [1.807, 2.05) is 29.2 Å². The Morgan fingerprint density at radius 1 is 1.03 bits per heavy atom. The lowest BCUT2D eigenvalue weighted by atomic mass is 10.1. The first kappa shape index (κ1) is 19.0. The van der Waals surface area contributed by atoms with E-state index in [0.717, 1.165) is 19.6 Å². The van der Waals surface area contributed by atoms with Crippen LogP contribution >= 0.6 is 0 Å². The van der Waals surface area contributed by atoms with E-state index < -0.39 is 0 Å². The predicted octanol–water partition coefficient (Wildman–Crippen LogP) is 3.25. The SMILES string of the molecule is O=C(c1cc(-c2ccccc2O)n[nH]1)N1CCN(CC=Cc2ccccc2)CC1. The molecule has 1 aliphatic heterocycles. The van der Waals surface area contributed by atoms with Gasteiger partial charge in [0, 0.05) is 38.3 Å². The molecule has 6 heteroatoms. The molecule has 0 radical (unpaired) electrons. The van der Waals surface area contributed by atoms with Gasteiger partial charge in [0.2, 0.25) is 0 Å². The Morgan fingerprint density at radius 3 is 2.52 bits per heavy atom. The van der Waals surface area contributed by atoms with Crippen molar-refractivity contribution in [1.29, 1.82) is 0 Å². The molecule has 4 rings (SSSR count). The number of piperazine rings is 1. The molecule has 0 unspecified atom stereocenters. The minimum atomic E-state index is -0.0568. The van der Waals surface area contributed by atoms with Gasteiger partial charge >= 0.3 is 0 Å². The van der Waals surface area contributed by atoms with E-state index in [-0.39, 0.29) is 11.7 Å². The van der Waals surface area contributed by atoms with Crippen LogP contribution in [-0.4, -0.2) is 63.7 Å². The summed E-state index contributed by atoms with van der Waals surface area (Å²) >= 11 is 0. The van der Waals surface area contributed by atoms with Gasteiger partial charge in [0.15, 0.2) is 0 Å². The zero-order chi connectivity index (χ0) is 20.1. The van der Waals surface area contributed by atoms with Crippen LogP contribution in [0, 0.1) is 0 Å². The molecule has 2 heterocycles. The molecule has 148 valence electrons. The predicted molar refractivity (Wildman–Crippen MR) is 114 cm³/mol. The molecule has 0 saturated carbocycles. The topological polar surface area (TPSA) is 72.5 Å². The van der Waals surface area contributed by atoms with Crippen LogP contribution in [0.5, 0.6) is 5.75 Å². The maximum Gasteiger partial charge on any atom is 0.271 e. The molecule has 0 aliphatic carbocycles. The Balaban J connectivity index is 1.31. The number of benzene rings is 2. The zero-order valence-corrected chi connectivity index (χ0v) is 16.2. The van der Waals surface area contributed by atoms with Crippen molar-refractivity contribution in [3.63, 3.8) is 0 Å². The summed E-state index contributed by atoms with van der Waals surface area (Å²) in [6.45, 7) is 3.92. The summed E-state index contributed by atoms with van der Waals surface area (Å²) in [6.07, 6.45) is 4.29. The number of hydrogen-bond acceptors (Lipinski definition) is 4. The first-order valence-electron chi connectivity index (χ1n) is 9.78. The van der Waals surface area contributed by atoms with E-state index in [0.29, 0.717) is 30.0 Å². The van der Waals surface area contributed by atoms with Crippen LogP contribution in [0.25, 0.3) is 17.3 Å². The number of carbonyl (C=O) groups is 1. The minimum Gasteiger partial charge on any atom is -0.507 e. The molecular weight excluding hydrogens is 364 g/mol. The van der Waals surface area contributed by atoms with Gasteiger partial charge in [-0.05, 0) is 23.8 Å². The third-order valence-corrected chi connectivity index (χ3v) is 5.12. The number of phenols is 1. The smallest absolute Gasteiger partial charge is 0.271 e. The molecule has 0 spiro atoms. The second kappa shape index (κ2) is 8.75. The number of nitrogens with one attached hydrogen (secondary N) is 1. The highest BCUT2D eigenvalue weighted by atomic mass is 16.3. The third-order valence-electron chi connectivity index (χ3n) is 5.12. The van der Waals surface area contributed by atoms with Crippen LogP contribution in [0.15, 0.2) is 66.7 Å². The second-order valence-corrected chi connectivity index (χ2v) is 7.09. The van der Waals surface area contributed by atoms with Gasteiger partial charge in [-0.3, -0.25) is 14.8 Å². The van der Waals surface area contributed by atoms with Gasteiger partial charge in [0.1, 0.15) is 11.4 Å². The molecule has 1 aromatic heterocycles. The Bertz CT molecular complexity index is 989. The summed E-state index contributed by atoms with van der Waals surface area (Å²) < 4.78 is 0. The normalized spacial score (nSPS) is 15.1. The van der Waals surface area contributed by atoms with Crippen molar-refractivity contribution >= 4 is 12.0 Å². The summed E-state index contributed by atoms with van der Waals surface area (Å²) in [4.78, 5) is 17.0. The molecule has 3 aromatic rings. The molecule has 1 fully saturated rings. The number of phenolic OH excluding ortho intramolecular Hbond substituents is 1. The molecule has 6 nitrogen and oxygen atoms in total. The van der Waals surface area contributed by atoms with Crippen LogP contribution < -0.4 is 0 Å². The highest BCUT2D eigenvalue weighted by molar-refractivity contribution is 5.93. The van der Waals surface area contributed by atoms with Gasteiger partial charge in [-0.25, -0.2) is 0 Å². The number of para-hydroxylation sites is 1. The lowest BCUT2D eigenvalue weighted by Gasteiger charge is -2.33. The molecule has 0 atom stereocenters.